The molecule has 36 heavy (non-hydrogen) atoms. The smallest absolute Gasteiger partial charge is 0.359 e. The van der Waals surface area contributed by atoms with Crippen molar-refractivity contribution in [2.45, 2.75) is 39.3 Å². The van der Waals surface area contributed by atoms with Gasteiger partial charge in [0.15, 0.2) is 17.7 Å². The number of anilines is 2. The number of halogens is 1. The summed E-state index contributed by atoms with van der Waals surface area (Å²) in [4.78, 5) is 21.9. The van der Waals surface area contributed by atoms with Crippen molar-refractivity contribution in [2.24, 2.45) is 0 Å². The van der Waals surface area contributed by atoms with Crippen molar-refractivity contribution in [3.8, 4) is 22.6 Å². The molecule has 0 aliphatic carbocycles. The van der Waals surface area contributed by atoms with Crippen LogP contribution in [-0.4, -0.2) is 38.9 Å². The maximum Gasteiger partial charge on any atom is 0.359 e. The van der Waals surface area contributed by atoms with Crippen molar-refractivity contribution in [3.05, 3.63) is 53.6 Å². The average Bonchev–Trinajstić information content (AvgIpc) is 3.29. The Morgan fingerprint density at radius 1 is 1.22 bits per heavy atom. The van der Waals surface area contributed by atoms with Crippen LogP contribution in [0.5, 0.6) is 0 Å². The van der Waals surface area contributed by atoms with Crippen molar-refractivity contribution in [2.75, 3.05) is 24.7 Å². The molecule has 186 valence electrons. The first-order valence-electron chi connectivity index (χ1n) is 11.9. The lowest BCUT2D eigenvalue weighted by atomic mass is 9.98. The topological polar surface area (TPSA) is 131 Å². The molecule has 1 saturated heterocycles. The normalized spacial score (nSPS) is 15.8. The minimum Gasteiger partial charge on any atom is -0.461 e. The largest absolute Gasteiger partial charge is 0.461 e. The number of hydrogen-bond acceptors (Lipinski definition) is 8. The summed E-state index contributed by atoms with van der Waals surface area (Å²) in [6.07, 6.45) is 4.57. The molecule has 1 fully saturated rings. The maximum atomic E-state index is 13.7. The molecule has 0 bridgehead atoms. The summed E-state index contributed by atoms with van der Waals surface area (Å²) in [5.41, 5.74) is 15.9. The van der Waals surface area contributed by atoms with Crippen molar-refractivity contribution in [1.29, 1.82) is 0 Å². The Balaban J connectivity index is 1.75. The Labute approximate surface area is 207 Å². The van der Waals surface area contributed by atoms with E-state index in [4.69, 9.17) is 25.9 Å². The molecule has 0 radical (unpaired) electrons. The molecule has 4 N–H and O–H groups in total. The van der Waals surface area contributed by atoms with Crippen LogP contribution in [-0.2, 0) is 9.47 Å². The molecule has 5 rings (SSSR count). The number of carbonyl (C=O) groups is 1. The number of hydrogen-bond donors (Lipinski definition) is 2. The number of nitrogen functional groups attached to an aromatic ring is 2. The highest BCUT2D eigenvalue weighted by Gasteiger charge is 2.26. The van der Waals surface area contributed by atoms with Crippen LogP contribution in [0.15, 0.2) is 36.5 Å². The Hall–Kier alpha value is -4.05. The van der Waals surface area contributed by atoms with Crippen molar-refractivity contribution in [3.63, 3.8) is 0 Å². The van der Waals surface area contributed by atoms with E-state index in [2.05, 4.69) is 10.1 Å². The highest BCUT2D eigenvalue weighted by atomic mass is 19.1. The predicted molar refractivity (Wildman–Crippen MR) is 135 cm³/mol. The standard InChI is InChI=1S/C26H27FN6O3/c1-3-35-26(34)24-22(29)23(31-25(32-24)16-9-8-15(27)12-18(16)28)21-14(2)7-10-19-17(21)13-30-33(19)20-6-4-5-11-36-20/h7-10,12-13,20H,3-6,11,28-29H2,1-2H3. The molecule has 1 unspecified atom stereocenters. The van der Waals surface area contributed by atoms with Gasteiger partial charge in [0, 0.05) is 28.8 Å². The molecule has 1 aliphatic rings. The molecule has 0 spiro atoms. The summed E-state index contributed by atoms with van der Waals surface area (Å²) >= 11 is 0. The fraction of sp³-hybridized carbons (Fsp3) is 0.308. The van der Waals surface area contributed by atoms with E-state index >= 15 is 0 Å². The third-order valence-corrected chi connectivity index (χ3v) is 6.32. The van der Waals surface area contributed by atoms with Gasteiger partial charge in [-0.05, 0) is 62.9 Å². The Morgan fingerprint density at radius 3 is 2.78 bits per heavy atom. The minimum absolute atomic E-state index is 0.0788. The number of carbonyl (C=O) groups excluding carboxylic acids is 1. The summed E-state index contributed by atoms with van der Waals surface area (Å²) in [6.45, 7) is 4.46. The number of fused-ring (bicyclic) bond motifs is 1. The molecule has 1 atom stereocenters. The van der Waals surface area contributed by atoms with Crippen molar-refractivity contribution < 1.29 is 18.7 Å². The first kappa shape index (κ1) is 23.7. The average molecular weight is 491 g/mol. The number of benzene rings is 2. The Bertz CT molecular complexity index is 1460. The van der Waals surface area contributed by atoms with Crippen LogP contribution in [0.2, 0.25) is 0 Å². The molecular weight excluding hydrogens is 463 g/mol. The minimum atomic E-state index is -0.684. The molecule has 0 saturated carbocycles. The van der Waals surface area contributed by atoms with E-state index < -0.39 is 11.8 Å². The third-order valence-electron chi connectivity index (χ3n) is 6.32. The van der Waals surface area contributed by atoms with Gasteiger partial charge < -0.3 is 20.9 Å². The van der Waals surface area contributed by atoms with Gasteiger partial charge in [0.25, 0.3) is 0 Å². The number of rotatable bonds is 5. The SMILES string of the molecule is CCOC(=O)c1nc(-c2ccc(F)cc2N)nc(-c2c(C)ccc3c2cnn3C2CCCCO2)c1N. The quantitative estimate of drug-likeness (QED) is 0.305. The van der Waals surface area contributed by atoms with Gasteiger partial charge in [-0.2, -0.15) is 5.10 Å². The summed E-state index contributed by atoms with van der Waals surface area (Å²) in [7, 11) is 0. The van der Waals surface area contributed by atoms with E-state index in [-0.39, 0.29) is 35.7 Å². The zero-order valence-electron chi connectivity index (χ0n) is 20.1. The highest BCUT2D eigenvalue weighted by Crippen LogP contribution is 2.38. The van der Waals surface area contributed by atoms with Gasteiger partial charge in [-0.3, -0.25) is 0 Å². The molecule has 2 aromatic carbocycles. The molecule has 2 aromatic heterocycles. The molecule has 4 aromatic rings. The van der Waals surface area contributed by atoms with Crippen LogP contribution >= 0.6 is 0 Å². The second kappa shape index (κ2) is 9.54. The molecule has 1 aliphatic heterocycles. The number of esters is 1. The Kier molecular flexibility index (Phi) is 6.27. The van der Waals surface area contributed by atoms with Crippen LogP contribution in [0.25, 0.3) is 33.5 Å². The van der Waals surface area contributed by atoms with Crippen LogP contribution in [0.3, 0.4) is 0 Å². The lowest BCUT2D eigenvalue weighted by Gasteiger charge is -2.23. The summed E-state index contributed by atoms with van der Waals surface area (Å²) < 4.78 is 26.8. The van der Waals surface area contributed by atoms with Crippen LogP contribution in [0.1, 0.15) is 48.5 Å². The van der Waals surface area contributed by atoms with Crippen molar-refractivity contribution >= 4 is 28.2 Å². The molecule has 9 nitrogen and oxygen atoms in total. The predicted octanol–water partition coefficient (Wildman–Crippen LogP) is 4.65. The zero-order chi connectivity index (χ0) is 25.4. The zero-order valence-corrected chi connectivity index (χ0v) is 20.1. The van der Waals surface area contributed by atoms with Gasteiger partial charge in [0.2, 0.25) is 0 Å². The van der Waals surface area contributed by atoms with Crippen LogP contribution in [0, 0.1) is 12.7 Å². The van der Waals surface area contributed by atoms with Crippen LogP contribution in [0.4, 0.5) is 15.8 Å². The lowest BCUT2D eigenvalue weighted by Crippen LogP contribution is -2.19. The fourth-order valence-electron chi connectivity index (χ4n) is 4.56. The maximum absolute atomic E-state index is 13.7. The number of nitrogens with zero attached hydrogens (tertiary/aromatic N) is 4. The third kappa shape index (κ3) is 4.13. The molecule has 0 amide bonds. The van der Waals surface area contributed by atoms with E-state index in [0.29, 0.717) is 23.4 Å². The fourth-order valence-corrected chi connectivity index (χ4v) is 4.56. The monoisotopic (exact) mass is 490 g/mol. The van der Waals surface area contributed by atoms with Gasteiger partial charge in [-0.15, -0.1) is 0 Å². The van der Waals surface area contributed by atoms with Gasteiger partial charge in [0.05, 0.1) is 29.7 Å². The summed E-state index contributed by atoms with van der Waals surface area (Å²) in [6, 6.07) is 7.85. The second-order valence-corrected chi connectivity index (χ2v) is 8.71. The second-order valence-electron chi connectivity index (χ2n) is 8.71. The summed E-state index contributed by atoms with van der Waals surface area (Å²) in [5, 5.41) is 5.43. The Morgan fingerprint density at radius 2 is 2.06 bits per heavy atom. The van der Waals surface area contributed by atoms with E-state index in [9.17, 15) is 9.18 Å². The van der Waals surface area contributed by atoms with E-state index in [1.165, 1.54) is 18.2 Å². The summed E-state index contributed by atoms with van der Waals surface area (Å²) in [5.74, 6) is -1.04. The van der Waals surface area contributed by atoms with Crippen LogP contribution < -0.4 is 11.5 Å². The van der Waals surface area contributed by atoms with Gasteiger partial charge in [0.1, 0.15) is 5.82 Å². The number of nitrogens with two attached hydrogens (primary N) is 2. The molecule has 3 heterocycles. The molecular formula is C26H27FN6O3. The van der Waals surface area contributed by atoms with Crippen molar-refractivity contribution in [1.82, 2.24) is 19.7 Å². The number of aromatic nitrogens is 4. The van der Waals surface area contributed by atoms with E-state index in [0.717, 1.165) is 35.7 Å². The number of ether oxygens (including phenoxy) is 2. The first-order chi connectivity index (χ1) is 17.4. The van der Waals surface area contributed by atoms with E-state index in [1.807, 2.05) is 23.7 Å². The van der Waals surface area contributed by atoms with Gasteiger partial charge >= 0.3 is 5.97 Å². The first-order valence-corrected chi connectivity index (χ1v) is 11.9. The molecule has 10 heteroatoms. The van der Waals surface area contributed by atoms with Gasteiger partial charge in [-0.1, -0.05) is 6.07 Å². The highest BCUT2D eigenvalue weighted by molar-refractivity contribution is 6.03. The lowest BCUT2D eigenvalue weighted by molar-refractivity contribution is -0.0366. The number of aryl methyl sites for hydroxylation is 1. The van der Waals surface area contributed by atoms with Gasteiger partial charge in [-0.25, -0.2) is 23.8 Å². The van der Waals surface area contributed by atoms with E-state index in [1.54, 1.807) is 13.1 Å².